The lowest BCUT2D eigenvalue weighted by molar-refractivity contribution is 0.0950. The fraction of sp³-hybridized carbons (Fsp3) is 0.600. The van der Waals surface area contributed by atoms with Gasteiger partial charge in [0.05, 0.1) is 5.56 Å². The normalized spacial score (nSPS) is 17.1. The third-order valence-electron chi connectivity index (χ3n) is 3.80. The third kappa shape index (κ3) is 4.87. The summed E-state index contributed by atoms with van der Waals surface area (Å²) in [6, 6.07) is 3.56. The molecule has 0 aromatic carbocycles. The molecule has 1 aromatic rings. The molecule has 1 N–H and O–H groups in total. The van der Waals surface area contributed by atoms with Gasteiger partial charge >= 0.3 is 0 Å². The summed E-state index contributed by atoms with van der Waals surface area (Å²) in [6.45, 7) is 6.52. The van der Waals surface area contributed by atoms with E-state index in [-0.39, 0.29) is 5.91 Å². The quantitative estimate of drug-likeness (QED) is 0.662. The summed E-state index contributed by atoms with van der Waals surface area (Å²) in [4.78, 5) is 18.4. The number of likely N-dealkylation sites (tertiary alicyclic amines) is 1. The lowest BCUT2D eigenvalue weighted by atomic mass is 9.99. The fourth-order valence-electron chi connectivity index (χ4n) is 2.40. The lowest BCUT2D eigenvalue weighted by Gasteiger charge is -2.30. The van der Waals surface area contributed by atoms with Crippen molar-refractivity contribution in [3.05, 3.63) is 28.5 Å². The predicted octanol–water partition coefficient (Wildman–Crippen LogP) is 2.70. The van der Waals surface area contributed by atoms with Crippen molar-refractivity contribution in [2.24, 2.45) is 5.92 Å². The van der Waals surface area contributed by atoms with E-state index in [0.717, 1.165) is 30.0 Å². The summed E-state index contributed by atoms with van der Waals surface area (Å²) in [7, 11) is 0. The highest BCUT2D eigenvalue weighted by molar-refractivity contribution is 9.10. The van der Waals surface area contributed by atoms with Gasteiger partial charge in [-0.2, -0.15) is 0 Å². The smallest absolute Gasteiger partial charge is 0.252 e. The second-order valence-electron chi connectivity index (χ2n) is 5.50. The standard InChI is InChI=1S/C15H22BrN3O/c1-12-5-9-19(10-6-12)8-2-7-17-15(20)13-3-4-14(16)18-11-13/h3-4,11-12H,2,5-10H2,1H3,(H,17,20). The molecule has 2 rings (SSSR count). The monoisotopic (exact) mass is 339 g/mol. The molecular weight excluding hydrogens is 318 g/mol. The van der Waals surface area contributed by atoms with Crippen LogP contribution < -0.4 is 5.32 Å². The number of nitrogens with one attached hydrogen (secondary N) is 1. The molecular formula is C15H22BrN3O. The van der Waals surface area contributed by atoms with Gasteiger partial charge in [-0.25, -0.2) is 4.98 Å². The number of halogens is 1. The maximum absolute atomic E-state index is 11.9. The van der Waals surface area contributed by atoms with Gasteiger partial charge in [-0.15, -0.1) is 0 Å². The molecule has 5 heteroatoms. The van der Waals surface area contributed by atoms with Gasteiger partial charge in [0.25, 0.3) is 5.91 Å². The Morgan fingerprint density at radius 1 is 1.45 bits per heavy atom. The number of nitrogens with zero attached hydrogens (tertiary/aromatic N) is 2. The number of hydrogen-bond donors (Lipinski definition) is 1. The van der Waals surface area contributed by atoms with Gasteiger partial charge in [-0.05, 0) is 72.9 Å². The van der Waals surface area contributed by atoms with Crippen LogP contribution in [-0.2, 0) is 0 Å². The molecule has 0 bridgehead atoms. The van der Waals surface area contributed by atoms with Gasteiger partial charge in [-0.1, -0.05) is 6.92 Å². The highest BCUT2D eigenvalue weighted by atomic mass is 79.9. The Bertz CT molecular complexity index is 427. The molecule has 1 aromatic heterocycles. The number of amides is 1. The first-order valence-corrected chi connectivity index (χ1v) is 8.06. The van der Waals surface area contributed by atoms with Gasteiger partial charge in [-0.3, -0.25) is 4.79 Å². The van der Waals surface area contributed by atoms with Crippen molar-refractivity contribution >= 4 is 21.8 Å². The van der Waals surface area contributed by atoms with E-state index in [4.69, 9.17) is 0 Å². The first-order valence-electron chi connectivity index (χ1n) is 7.27. The van der Waals surface area contributed by atoms with Gasteiger partial charge in [0, 0.05) is 12.7 Å². The summed E-state index contributed by atoms with van der Waals surface area (Å²) in [6.07, 6.45) is 5.20. The van der Waals surface area contributed by atoms with E-state index < -0.39 is 0 Å². The average molecular weight is 340 g/mol. The molecule has 1 aliphatic heterocycles. The molecule has 0 spiro atoms. The number of piperidine rings is 1. The molecule has 1 amide bonds. The van der Waals surface area contributed by atoms with Gasteiger partial charge in [0.15, 0.2) is 0 Å². The lowest BCUT2D eigenvalue weighted by Crippen LogP contribution is -2.35. The van der Waals surface area contributed by atoms with Gasteiger partial charge in [0.2, 0.25) is 0 Å². The molecule has 0 unspecified atom stereocenters. The largest absolute Gasteiger partial charge is 0.352 e. The number of hydrogen-bond acceptors (Lipinski definition) is 3. The van der Waals surface area contributed by atoms with Crippen molar-refractivity contribution in [1.82, 2.24) is 15.2 Å². The first-order chi connectivity index (χ1) is 9.65. The molecule has 1 saturated heterocycles. The summed E-state index contributed by atoms with van der Waals surface area (Å²) < 4.78 is 0.744. The highest BCUT2D eigenvalue weighted by Crippen LogP contribution is 2.15. The minimum absolute atomic E-state index is 0.0442. The Labute approximate surface area is 129 Å². The number of aromatic nitrogens is 1. The van der Waals surface area contributed by atoms with Crippen LogP contribution >= 0.6 is 15.9 Å². The van der Waals surface area contributed by atoms with E-state index in [1.165, 1.54) is 25.9 Å². The van der Waals surface area contributed by atoms with Crippen LogP contribution in [0, 0.1) is 5.92 Å². The number of rotatable bonds is 5. The third-order valence-corrected chi connectivity index (χ3v) is 4.27. The average Bonchev–Trinajstić information content (AvgIpc) is 2.46. The molecule has 1 fully saturated rings. The Morgan fingerprint density at radius 2 is 2.20 bits per heavy atom. The second-order valence-corrected chi connectivity index (χ2v) is 6.32. The topological polar surface area (TPSA) is 45.2 Å². The Hall–Kier alpha value is -0.940. The van der Waals surface area contributed by atoms with E-state index >= 15 is 0 Å². The molecule has 0 aliphatic carbocycles. The van der Waals surface area contributed by atoms with Crippen LogP contribution in [-0.4, -0.2) is 42.0 Å². The van der Waals surface area contributed by atoms with Crippen LogP contribution in [0.4, 0.5) is 0 Å². The van der Waals surface area contributed by atoms with Crippen LogP contribution in [0.15, 0.2) is 22.9 Å². The molecule has 0 atom stereocenters. The first kappa shape index (κ1) is 15.4. The van der Waals surface area contributed by atoms with Crippen molar-refractivity contribution in [1.29, 1.82) is 0 Å². The summed E-state index contributed by atoms with van der Waals surface area (Å²) >= 11 is 3.26. The molecule has 0 radical (unpaired) electrons. The molecule has 20 heavy (non-hydrogen) atoms. The van der Waals surface area contributed by atoms with Crippen LogP contribution in [0.25, 0.3) is 0 Å². The Kier molecular flexibility index (Phi) is 5.98. The van der Waals surface area contributed by atoms with Crippen molar-refractivity contribution in [2.75, 3.05) is 26.2 Å². The summed E-state index contributed by atoms with van der Waals surface area (Å²) in [5, 5.41) is 2.95. The van der Waals surface area contributed by atoms with E-state index in [1.54, 1.807) is 18.3 Å². The molecule has 0 saturated carbocycles. The van der Waals surface area contributed by atoms with E-state index in [9.17, 15) is 4.79 Å². The number of pyridine rings is 1. The predicted molar refractivity (Wildman–Crippen MR) is 83.7 cm³/mol. The Morgan fingerprint density at radius 3 is 2.85 bits per heavy atom. The Balaban J connectivity index is 1.63. The van der Waals surface area contributed by atoms with Gasteiger partial charge in [0.1, 0.15) is 4.60 Å². The van der Waals surface area contributed by atoms with E-state index in [2.05, 4.69) is 38.1 Å². The fourth-order valence-corrected chi connectivity index (χ4v) is 2.64. The van der Waals surface area contributed by atoms with E-state index in [1.807, 2.05) is 0 Å². The minimum atomic E-state index is -0.0442. The highest BCUT2D eigenvalue weighted by Gasteiger charge is 2.14. The zero-order valence-corrected chi connectivity index (χ0v) is 13.5. The van der Waals surface area contributed by atoms with Crippen molar-refractivity contribution in [2.45, 2.75) is 26.2 Å². The maximum Gasteiger partial charge on any atom is 0.252 e. The maximum atomic E-state index is 11.9. The SMILES string of the molecule is CC1CCN(CCCNC(=O)c2ccc(Br)nc2)CC1. The van der Waals surface area contributed by atoms with Crippen LogP contribution in [0.3, 0.4) is 0 Å². The van der Waals surface area contributed by atoms with Crippen molar-refractivity contribution in [3.63, 3.8) is 0 Å². The molecule has 2 heterocycles. The molecule has 1 aliphatic rings. The summed E-state index contributed by atoms with van der Waals surface area (Å²) in [5.41, 5.74) is 0.611. The second kappa shape index (κ2) is 7.74. The van der Waals surface area contributed by atoms with E-state index in [0.29, 0.717) is 5.56 Å². The number of carbonyl (C=O) groups is 1. The zero-order valence-electron chi connectivity index (χ0n) is 11.9. The van der Waals surface area contributed by atoms with Crippen molar-refractivity contribution < 1.29 is 4.79 Å². The number of carbonyl (C=O) groups excluding carboxylic acids is 1. The van der Waals surface area contributed by atoms with Crippen LogP contribution in [0.5, 0.6) is 0 Å². The molecule has 110 valence electrons. The van der Waals surface area contributed by atoms with Gasteiger partial charge < -0.3 is 10.2 Å². The molecule has 4 nitrogen and oxygen atoms in total. The van der Waals surface area contributed by atoms with Crippen LogP contribution in [0.1, 0.15) is 36.5 Å². The van der Waals surface area contributed by atoms with Crippen molar-refractivity contribution in [3.8, 4) is 0 Å². The zero-order chi connectivity index (χ0) is 14.4. The van der Waals surface area contributed by atoms with Crippen LogP contribution in [0.2, 0.25) is 0 Å². The minimum Gasteiger partial charge on any atom is -0.352 e. The summed E-state index contributed by atoms with van der Waals surface area (Å²) in [5.74, 6) is 0.827.